The van der Waals surface area contributed by atoms with E-state index in [0.29, 0.717) is 56.6 Å². The van der Waals surface area contributed by atoms with E-state index in [1.807, 2.05) is 11.9 Å². The van der Waals surface area contributed by atoms with E-state index >= 15 is 0 Å². The van der Waals surface area contributed by atoms with Crippen molar-refractivity contribution in [1.82, 2.24) is 9.62 Å². The molecule has 9 heteroatoms. The van der Waals surface area contributed by atoms with Gasteiger partial charge in [-0.25, -0.2) is 8.42 Å². The molecule has 1 saturated heterocycles. The van der Waals surface area contributed by atoms with Gasteiger partial charge >= 0.3 is 0 Å². The van der Waals surface area contributed by atoms with Crippen LogP contribution >= 0.6 is 0 Å². The summed E-state index contributed by atoms with van der Waals surface area (Å²) < 4.78 is 39.3. The molecule has 1 N–H and O–H groups in total. The predicted octanol–water partition coefficient (Wildman–Crippen LogP) is 2.73. The average Bonchev–Trinajstić information content (AvgIpc) is 3.31. The van der Waals surface area contributed by atoms with Crippen LogP contribution in [0.15, 0.2) is 23.1 Å². The number of amides is 1. The van der Waals surface area contributed by atoms with Gasteiger partial charge in [-0.1, -0.05) is 20.8 Å². The Kier molecular flexibility index (Phi) is 7.03. The molecule has 0 spiro atoms. The van der Waals surface area contributed by atoms with Gasteiger partial charge in [0.15, 0.2) is 0 Å². The van der Waals surface area contributed by atoms with Gasteiger partial charge in [0.2, 0.25) is 10.0 Å². The van der Waals surface area contributed by atoms with Gasteiger partial charge in [0, 0.05) is 45.4 Å². The maximum Gasteiger partial charge on any atom is 0.251 e. The number of benzene rings is 1. The SMILES string of the molecule is COCCN(C)c1ccc(C(=O)NC2C(C)(C)[C@@H]3CC[C@]2(C)C3)cc1S(=O)(=O)N1CCOCC1. The highest BCUT2D eigenvalue weighted by atomic mass is 32.2. The summed E-state index contributed by atoms with van der Waals surface area (Å²) >= 11 is 0. The van der Waals surface area contributed by atoms with Crippen molar-refractivity contribution in [2.75, 3.05) is 58.5 Å². The van der Waals surface area contributed by atoms with E-state index in [1.165, 1.54) is 10.7 Å². The Balaban J connectivity index is 1.66. The lowest BCUT2D eigenvalue weighted by molar-refractivity contribution is 0.0728. The second-order valence-corrected chi connectivity index (χ2v) is 12.8. The highest BCUT2D eigenvalue weighted by Crippen LogP contribution is 2.62. The standard InChI is InChI=1S/C25H39N3O5S/c1-24(2)19-8-9-25(3,17-19)23(24)26-22(29)18-6-7-20(27(4)10-13-32-5)21(16-18)34(30,31)28-11-14-33-15-12-28/h6-7,16,19,23H,8-15,17H2,1-5H3,(H,26,29)/t19-,23?,25-/m1/s1. The lowest BCUT2D eigenvalue weighted by Crippen LogP contribution is -2.52. The number of sulfonamides is 1. The van der Waals surface area contributed by atoms with Crippen LogP contribution in [-0.2, 0) is 19.5 Å². The van der Waals surface area contributed by atoms with E-state index in [-0.39, 0.29) is 27.7 Å². The van der Waals surface area contributed by atoms with Crippen LogP contribution in [0.5, 0.6) is 0 Å². The van der Waals surface area contributed by atoms with Crippen LogP contribution in [0.4, 0.5) is 5.69 Å². The molecule has 1 heterocycles. The number of likely N-dealkylation sites (N-methyl/N-ethyl adjacent to an activating group) is 1. The molecule has 8 nitrogen and oxygen atoms in total. The van der Waals surface area contributed by atoms with Crippen LogP contribution in [0.1, 0.15) is 50.4 Å². The van der Waals surface area contributed by atoms with Crippen LogP contribution < -0.4 is 10.2 Å². The minimum absolute atomic E-state index is 0.0195. The molecule has 2 saturated carbocycles. The van der Waals surface area contributed by atoms with Gasteiger partial charge < -0.3 is 19.7 Å². The van der Waals surface area contributed by atoms with Crippen molar-refractivity contribution >= 4 is 21.6 Å². The molecule has 3 fully saturated rings. The van der Waals surface area contributed by atoms with Crippen LogP contribution in [0.2, 0.25) is 0 Å². The monoisotopic (exact) mass is 493 g/mol. The molecule has 1 unspecified atom stereocenters. The predicted molar refractivity (Wildman–Crippen MR) is 132 cm³/mol. The highest BCUT2D eigenvalue weighted by Gasteiger charge is 2.59. The van der Waals surface area contributed by atoms with Gasteiger partial charge in [-0.2, -0.15) is 4.31 Å². The Morgan fingerprint density at radius 3 is 2.59 bits per heavy atom. The second kappa shape index (κ2) is 9.41. The summed E-state index contributed by atoms with van der Waals surface area (Å²) in [6.07, 6.45) is 3.46. The summed E-state index contributed by atoms with van der Waals surface area (Å²) in [7, 11) is -0.345. The lowest BCUT2D eigenvalue weighted by atomic mass is 9.68. The number of hydrogen-bond donors (Lipinski definition) is 1. The highest BCUT2D eigenvalue weighted by molar-refractivity contribution is 7.89. The Labute approximate surface area is 204 Å². The van der Waals surface area contributed by atoms with Gasteiger partial charge in [-0.15, -0.1) is 0 Å². The number of anilines is 1. The first kappa shape index (κ1) is 25.4. The minimum Gasteiger partial charge on any atom is -0.383 e. The van der Waals surface area contributed by atoms with E-state index in [2.05, 4.69) is 26.1 Å². The molecule has 34 heavy (non-hydrogen) atoms. The van der Waals surface area contributed by atoms with Crippen molar-refractivity contribution in [2.24, 2.45) is 16.7 Å². The van der Waals surface area contributed by atoms with Crippen LogP contribution in [0.25, 0.3) is 0 Å². The number of methoxy groups -OCH3 is 1. The molecule has 0 aromatic heterocycles. The average molecular weight is 494 g/mol. The zero-order valence-electron chi connectivity index (χ0n) is 21.1. The zero-order chi connectivity index (χ0) is 24.7. The van der Waals surface area contributed by atoms with E-state index < -0.39 is 10.0 Å². The summed E-state index contributed by atoms with van der Waals surface area (Å²) in [4.78, 5) is 15.5. The molecule has 1 aromatic rings. The molecule has 2 aliphatic carbocycles. The van der Waals surface area contributed by atoms with Crippen molar-refractivity contribution in [3.05, 3.63) is 23.8 Å². The maximum atomic E-state index is 13.6. The molecule has 3 aliphatic rings. The molecule has 3 atom stereocenters. The Morgan fingerprint density at radius 2 is 1.97 bits per heavy atom. The van der Waals surface area contributed by atoms with E-state index in [0.717, 1.165) is 12.8 Å². The second-order valence-electron chi connectivity index (χ2n) is 10.9. The Bertz CT molecular complexity index is 1020. The molecule has 190 valence electrons. The number of hydrogen-bond acceptors (Lipinski definition) is 6. The number of carbonyl (C=O) groups excluding carboxylic acids is 1. The van der Waals surface area contributed by atoms with E-state index in [1.54, 1.807) is 25.3 Å². The third kappa shape index (κ3) is 4.47. The first-order valence-electron chi connectivity index (χ1n) is 12.2. The van der Waals surface area contributed by atoms with Crippen molar-refractivity contribution in [3.8, 4) is 0 Å². The largest absolute Gasteiger partial charge is 0.383 e. The number of rotatable bonds is 8. The third-order valence-corrected chi connectivity index (χ3v) is 10.3. The molecule has 1 aromatic carbocycles. The fourth-order valence-electron chi connectivity index (χ4n) is 6.33. The van der Waals surface area contributed by atoms with Gasteiger partial charge in [0.1, 0.15) is 4.90 Å². The fourth-order valence-corrected chi connectivity index (χ4v) is 8.00. The summed E-state index contributed by atoms with van der Waals surface area (Å²) in [5.41, 5.74) is 1.05. The normalized spacial score (nSPS) is 28.7. The number of fused-ring (bicyclic) bond motifs is 2. The lowest BCUT2D eigenvalue weighted by Gasteiger charge is -2.43. The molecule has 1 aliphatic heterocycles. The quantitative estimate of drug-likeness (QED) is 0.599. The molecular weight excluding hydrogens is 454 g/mol. The third-order valence-electron chi connectivity index (χ3n) is 8.40. The van der Waals surface area contributed by atoms with Crippen molar-refractivity contribution in [3.63, 3.8) is 0 Å². The van der Waals surface area contributed by atoms with E-state index in [4.69, 9.17) is 9.47 Å². The van der Waals surface area contributed by atoms with Gasteiger partial charge in [-0.3, -0.25) is 4.79 Å². The molecule has 1 amide bonds. The van der Waals surface area contributed by atoms with Crippen molar-refractivity contribution in [1.29, 1.82) is 0 Å². The van der Waals surface area contributed by atoms with Crippen molar-refractivity contribution < 1.29 is 22.7 Å². The first-order valence-corrected chi connectivity index (χ1v) is 13.7. The molecule has 0 radical (unpaired) electrons. The topological polar surface area (TPSA) is 88.2 Å². The van der Waals surface area contributed by atoms with Gasteiger partial charge in [0.05, 0.1) is 25.5 Å². The Morgan fingerprint density at radius 1 is 1.26 bits per heavy atom. The fraction of sp³-hybridized carbons (Fsp3) is 0.720. The van der Waals surface area contributed by atoms with Gasteiger partial charge in [0.25, 0.3) is 5.91 Å². The van der Waals surface area contributed by atoms with Gasteiger partial charge in [-0.05, 0) is 54.2 Å². The first-order chi connectivity index (χ1) is 16.0. The van der Waals surface area contributed by atoms with Crippen LogP contribution in [0.3, 0.4) is 0 Å². The van der Waals surface area contributed by atoms with E-state index in [9.17, 15) is 13.2 Å². The molecule has 2 bridgehead atoms. The summed E-state index contributed by atoms with van der Waals surface area (Å²) in [5, 5.41) is 3.30. The number of morpholine rings is 1. The summed E-state index contributed by atoms with van der Waals surface area (Å²) in [6.45, 7) is 9.09. The zero-order valence-corrected chi connectivity index (χ0v) is 21.9. The minimum atomic E-state index is -3.80. The number of carbonyl (C=O) groups is 1. The smallest absolute Gasteiger partial charge is 0.251 e. The Hall–Kier alpha value is -1.68. The summed E-state index contributed by atoms with van der Waals surface area (Å²) in [6, 6.07) is 5.08. The van der Waals surface area contributed by atoms with Crippen molar-refractivity contribution in [2.45, 2.75) is 51.0 Å². The molecule has 4 rings (SSSR count). The van der Waals surface area contributed by atoms with Crippen LogP contribution in [0, 0.1) is 16.7 Å². The van der Waals surface area contributed by atoms with Crippen LogP contribution in [-0.4, -0.2) is 78.3 Å². The summed E-state index contributed by atoms with van der Waals surface area (Å²) in [5.74, 6) is 0.397. The maximum absolute atomic E-state index is 13.6. The number of ether oxygens (including phenoxy) is 2. The number of nitrogens with one attached hydrogen (secondary N) is 1. The number of nitrogens with zero attached hydrogens (tertiary/aromatic N) is 2. The molecular formula is C25H39N3O5S.